The van der Waals surface area contributed by atoms with Crippen molar-refractivity contribution in [2.24, 2.45) is 5.92 Å². The van der Waals surface area contributed by atoms with Crippen molar-refractivity contribution in [1.82, 2.24) is 5.32 Å². The van der Waals surface area contributed by atoms with Gasteiger partial charge in [0.2, 0.25) is 0 Å². The summed E-state index contributed by atoms with van der Waals surface area (Å²) in [7, 11) is 0. The van der Waals surface area contributed by atoms with Gasteiger partial charge in [-0.05, 0) is 49.4 Å². The van der Waals surface area contributed by atoms with Crippen molar-refractivity contribution in [3.8, 4) is 0 Å². The lowest BCUT2D eigenvalue weighted by molar-refractivity contribution is 0.0983. The Kier molecular flexibility index (Phi) is 5.46. The zero-order chi connectivity index (χ0) is 14.5. The molecule has 0 radical (unpaired) electrons. The number of aliphatic hydroxyl groups excluding tert-OH is 2. The zero-order valence-corrected chi connectivity index (χ0v) is 11.4. The van der Waals surface area contributed by atoms with E-state index in [-0.39, 0.29) is 12.6 Å². The van der Waals surface area contributed by atoms with E-state index in [1.54, 1.807) is 0 Å². The normalized spacial score (nSPS) is 24.6. The van der Waals surface area contributed by atoms with Crippen LogP contribution in [0.25, 0.3) is 0 Å². The Morgan fingerprint density at radius 1 is 1.25 bits per heavy atom. The summed E-state index contributed by atoms with van der Waals surface area (Å²) in [5.41, 5.74) is 0.361. The highest BCUT2D eigenvalue weighted by atomic mass is 19.2. The van der Waals surface area contributed by atoms with Crippen molar-refractivity contribution in [3.05, 3.63) is 35.4 Å². The average molecular weight is 285 g/mol. The third-order valence-corrected chi connectivity index (χ3v) is 3.85. The summed E-state index contributed by atoms with van der Waals surface area (Å²) >= 11 is 0. The highest BCUT2D eigenvalue weighted by Gasteiger charge is 2.20. The third kappa shape index (κ3) is 4.23. The van der Waals surface area contributed by atoms with Gasteiger partial charge in [0.15, 0.2) is 11.6 Å². The second kappa shape index (κ2) is 7.11. The number of halogens is 2. The number of aliphatic hydroxyl groups is 2. The molecule has 1 aromatic rings. The summed E-state index contributed by atoms with van der Waals surface area (Å²) < 4.78 is 25.9. The predicted octanol–water partition coefficient (Wildman–Crippen LogP) is 2.14. The van der Waals surface area contributed by atoms with Crippen molar-refractivity contribution in [1.29, 1.82) is 0 Å². The van der Waals surface area contributed by atoms with Gasteiger partial charge in [0, 0.05) is 6.54 Å². The Labute approximate surface area is 117 Å². The molecule has 1 aromatic carbocycles. The van der Waals surface area contributed by atoms with Crippen molar-refractivity contribution in [3.63, 3.8) is 0 Å². The highest BCUT2D eigenvalue weighted by molar-refractivity contribution is 5.20. The maximum absolute atomic E-state index is 13.1. The van der Waals surface area contributed by atoms with Crippen molar-refractivity contribution in [2.75, 3.05) is 13.1 Å². The molecule has 0 aromatic heterocycles. The molecular weight excluding hydrogens is 264 g/mol. The van der Waals surface area contributed by atoms with Gasteiger partial charge in [0.25, 0.3) is 0 Å². The Balaban J connectivity index is 1.77. The van der Waals surface area contributed by atoms with Crippen LogP contribution < -0.4 is 5.32 Å². The quantitative estimate of drug-likeness (QED) is 0.777. The van der Waals surface area contributed by atoms with E-state index < -0.39 is 17.7 Å². The van der Waals surface area contributed by atoms with Gasteiger partial charge in [-0.2, -0.15) is 0 Å². The van der Waals surface area contributed by atoms with E-state index in [2.05, 4.69) is 5.32 Å². The molecule has 0 bridgehead atoms. The van der Waals surface area contributed by atoms with E-state index in [4.69, 9.17) is 0 Å². The van der Waals surface area contributed by atoms with Crippen LogP contribution in [-0.2, 0) is 0 Å². The van der Waals surface area contributed by atoms with Crippen molar-refractivity contribution in [2.45, 2.75) is 37.9 Å². The van der Waals surface area contributed by atoms with Crippen LogP contribution in [0.3, 0.4) is 0 Å². The molecule has 1 aliphatic rings. The molecule has 1 fully saturated rings. The molecule has 0 aliphatic heterocycles. The molecule has 0 spiro atoms. The smallest absolute Gasteiger partial charge is 0.159 e. The third-order valence-electron chi connectivity index (χ3n) is 3.85. The van der Waals surface area contributed by atoms with Crippen molar-refractivity contribution >= 4 is 0 Å². The standard InChI is InChI=1S/C15H21F2NO2/c16-13-5-4-11(7-14(13)17)15(20)9-18-8-10-2-1-3-12(19)6-10/h4-5,7,10,12,15,18-20H,1-3,6,8-9H2. The van der Waals surface area contributed by atoms with E-state index >= 15 is 0 Å². The first kappa shape index (κ1) is 15.4. The summed E-state index contributed by atoms with van der Waals surface area (Å²) in [6, 6.07) is 3.42. The zero-order valence-electron chi connectivity index (χ0n) is 11.4. The van der Waals surface area contributed by atoms with Gasteiger partial charge >= 0.3 is 0 Å². The second-order valence-corrected chi connectivity index (χ2v) is 5.53. The Bertz CT molecular complexity index is 442. The van der Waals surface area contributed by atoms with Crippen LogP contribution in [0.4, 0.5) is 8.78 Å². The Morgan fingerprint density at radius 3 is 2.75 bits per heavy atom. The lowest BCUT2D eigenvalue weighted by atomic mass is 9.87. The molecule has 3 nitrogen and oxygen atoms in total. The minimum Gasteiger partial charge on any atom is -0.393 e. The molecule has 1 aliphatic carbocycles. The fourth-order valence-electron chi connectivity index (χ4n) is 2.71. The van der Waals surface area contributed by atoms with Crippen LogP contribution in [0, 0.1) is 17.6 Å². The molecule has 5 heteroatoms. The summed E-state index contributed by atoms with van der Waals surface area (Å²) in [6.07, 6.45) is 2.68. The molecule has 1 saturated carbocycles. The number of rotatable bonds is 5. The van der Waals surface area contributed by atoms with Crippen LogP contribution in [0.15, 0.2) is 18.2 Å². The van der Waals surface area contributed by atoms with E-state index in [1.165, 1.54) is 6.07 Å². The second-order valence-electron chi connectivity index (χ2n) is 5.53. The highest BCUT2D eigenvalue weighted by Crippen LogP contribution is 2.23. The van der Waals surface area contributed by atoms with Gasteiger partial charge in [-0.15, -0.1) is 0 Å². The summed E-state index contributed by atoms with van der Waals surface area (Å²) in [6.45, 7) is 1.01. The molecule has 0 amide bonds. The van der Waals surface area contributed by atoms with Crippen LogP contribution in [0.5, 0.6) is 0 Å². The lowest BCUT2D eigenvalue weighted by Crippen LogP contribution is -2.31. The monoisotopic (exact) mass is 285 g/mol. The van der Waals surface area contributed by atoms with Gasteiger partial charge in [0.1, 0.15) is 0 Å². The maximum Gasteiger partial charge on any atom is 0.159 e. The predicted molar refractivity (Wildman–Crippen MR) is 72.2 cm³/mol. The molecule has 3 atom stereocenters. The summed E-state index contributed by atoms with van der Waals surface area (Å²) in [5.74, 6) is -1.45. The topological polar surface area (TPSA) is 52.5 Å². The van der Waals surface area contributed by atoms with E-state index in [0.29, 0.717) is 11.5 Å². The first-order chi connectivity index (χ1) is 9.56. The van der Waals surface area contributed by atoms with E-state index in [9.17, 15) is 19.0 Å². The van der Waals surface area contributed by atoms with Gasteiger partial charge in [-0.3, -0.25) is 0 Å². The molecule has 112 valence electrons. The minimum absolute atomic E-state index is 0.216. The van der Waals surface area contributed by atoms with Crippen LogP contribution >= 0.6 is 0 Å². The number of nitrogens with one attached hydrogen (secondary N) is 1. The Hall–Kier alpha value is -1.04. The minimum atomic E-state index is -0.947. The SMILES string of the molecule is OC1CCCC(CNCC(O)c2ccc(F)c(F)c2)C1. The van der Waals surface area contributed by atoms with Gasteiger partial charge in [-0.1, -0.05) is 12.5 Å². The van der Waals surface area contributed by atoms with Crippen LogP contribution in [-0.4, -0.2) is 29.4 Å². The molecule has 20 heavy (non-hydrogen) atoms. The number of benzene rings is 1. The van der Waals surface area contributed by atoms with Gasteiger partial charge in [-0.25, -0.2) is 8.78 Å². The molecule has 3 unspecified atom stereocenters. The largest absolute Gasteiger partial charge is 0.393 e. The van der Waals surface area contributed by atoms with Crippen molar-refractivity contribution < 1.29 is 19.0 Å². The van der Waals surface area contributed by atoms with E-state index in [1.807, 2.05) is 0 Å². The fraction of sp³-hybridized carbons (Fsp3) is 0.600. The lowest BCUT2D eigenvalue weighted by Gasteiger charge is -2.26. The fourth-order valence-corrected chi connectivity index (χ4v) is 2.71. The molecule has 3 N–H and O–H groups in total. The summed E-state index contributed by atoms with van der Waals surface area (Å²) in [5, 5.41) is 22.6. The average Bonchev–Trinajstić information content (AvgIpc) is 2.42. The first-order valence-electron chi connectivity index (χ1n) is 7.08. The van der Waals surface area contributed by atoms with Crippen LogP contribution in [0.2, 0.25) is 0 Å². The van der Waals surface area contributed by atoms with E-state index in [0.717, 1.165) is 44.4 Å². The molecular formula is C15H21F2NO2. The molecule has 0 heterocycles. The Morgan fingerprint density at radius 2 is 2.05 bits per heavy atom. The number of hydrogen-bond donors (Lipinski definition) is 3. The van der Waals surface area contributed by atoms with Gasteiger partial charge in [0.05, 0.1) is 12.2 Å². The van der Waals surface area contributed by atoms with Gasteiger partial charge < -0.3 is 15.5 Å². The summed E-state index contributed by atoms with van der Waals surface area (Å²) in [4.78, 5) is 0. The van der Waals surface area contributed by atoms with Crippen LogP contribution in [0.1, 0.15) is 37.4 Å². The molecule has 0 saturated heterocycles. The number of hydrogen-bond acceptors (Lipinski definition) is 3. The maximum atomic E-state index is 13.1. The molecule has 2 rings (SSSR count). The first-order valence-corrected chi connectivity index (χ1v) is 7.08.